The van der Waals surface area contributed by atoms with E-state index in [1.54, 1.807) is 12.2 Å². The van der Waals surface area contributed by atoms with E-state index in [4.69, 9.17) is 0 Å². The van der Waals surface area contributed by atoms with Crippen LogP contribution in [0.25, 0.3) is 12.2 Å². The number of benzene rings is 2. The molecule has 2 rings (SSSR count). The van der Waals surface area contributed by atoms with Crippen molar-refractivity contribution >= 4 is 35.9 Å². The number of carbonyl (C=O) groups is 1. The zero-order valence-corrected chi connectivity index (χ0v) is 12.3. The Morgan fingerprint density at radius 3 is 1.42 bits per heavy atom. The smallest absolute Gasteiger partial charge is 0.178 e. The van der Waals surface area contributed by atoms with Crippen molar-refractivity contribution in [2.75, 3.05) is 0 Å². The second kappa shape index (κ2) is 8.29. The second-order valence-electron chi connectivity index (χ2n) is 3.89. The number of rotatable bonds is 4. The van der Waals surface area contributed by atoms with E-state index < -0.39 is 0 Å². The summed E-state index contributed by atoms with van der Waals surface area (Å²) in [6.07, 6.45) is 6.79. The molecule has 0 N–H and O–H groups in total. The largest absolute Gasteiger partial charge is 0.290 e. The minimum atomic E-state index is -0.0114. The van der Waals surface area contributed by atoms with Gasteiger partial charge in [0.15, 0.2) is 5.78 Å². The molecule has 0 unspecified atom stereocenters. The Morgan fingerprint density at radius 1 is 0.684 bits per heavy atom. The van der Waals surface area contributed by atoms with Crippen LogP contribution in [0.3, 0.4) is 0 Å². The molecule has 2 aromatic carbocycles. The molecule has 2 aromatic rings. The Balaban J connectivity index is 0.00000180. The third-order valence-electron chi connectivity index (χ3n) is 2.48. The van der Waals surface area contributed by atoms with E-state index in [-0.39, 0.29) is 23.7 Å². The summed E-state index contributed by atoms with van der Waals surface area (Å²) in [6.45, 7) is 0. The van der Waals surface area contributed by atoms with Crippen molar-refractivity contribution in [2.24, 2.45) is 0 Å². The van der Waals surface area contributed by atoms with Crippen molar-refractivity contribution in [3.63, 3.8) is 0 Å². The molecule has 0 heterocycles. The van der Waals surface area contributed by atoms with Crippen molar-refractivity contribution in [3.05, 3.63) is 83.9 Å². The standard InChI is InChI=1S/C17H14O.As/c18-17(13-11-15-7-3-1-4-8-15)14-12-16-9-5-2-6-10-16;/h1-14H;. The van der Waals surface area contributed by atoms with Gasteiger partial charge in [-0.2, -0.15) is 0 Å². The van der Waals surface area contributed by atoms with E-state index in [2.05, 4.69) is 0 Å². The molecule has 0 bridgehead atoms. The van der Waals surface area contributed by atoms with Gasteiger partial charge < -0.3 is 0 Å². The molecule has 0 aliphatic carbocycles. The molecule has 0 spiro atoms. The Kier molecular flexibility index (Phi) is 6.63. The van der Waals surface area contributed by atoms with Gasteiger partial charge in [-0.25, -0.2) is 0 Å². The molecule has 2 heteroatoms. The van der Waals surface area contributed by atoms with Gasteiger partial charge in [0.1, 0.15) is 0 Å². The van der Waals surface area contributed by atoms with Crippen LogP contribution in [-0.4, -0.2) is 23.7 Å². The summed E-state index contributed by atoms with van der Waals surface area (Å²) in [5.74, 6) is -0.0114. The maximum atomic E-state index is 11.6. The molecule has 0 saturated carbocycles. The van der Waals surface area contributed by atoms with E-state index in [0.717, 1.165) is 11.1 Å². The Hall–Kier alpha value is -1.85. The van der Waals surface area contributed by atoms with Crippen molar-refractivity contribution in [1.82, 2.24) is 0 Å². The topological polar surface area (TPSA) is 17.1 Å². The molecule has 0 fully saturated rings. The summed E-state index contributed by atoms with van der Waals surface area (Å²) in [7, 11) is 0. The Bertz CT molecular complexity index is 505. The van der Waals surface area contributed by atoms with Crippen LogP contribution < -0.4 is 0 Å². The van der Waals surface area contributed by atoms with Crippen LogP contribution in [0.4, 0.5) is 0 Å². The van der Waals surface area contributed by atoms with Gasteiger partial charge in [0.05, 0.1) is 0 Å². The van der Waals surface area contributed by atoms with E-state index in [9.17, 15) is 4.79 Å². The van der Waals surface area contributed by atoms with Crippen molar-refractivity contribution in [3.8, 4) is 0 Å². The fraction of sp³-hybridized carbons (Fsp3) is 0. The normalized spacial score (nSPS) is 10.5. The van der Waals surface area contributed by atoms with Gasteiger partial charge in [0.25, 0.3) is 0 Å². The fourth-order valence-corrected chi connectivity index (χ4v) is 1.54. The van der Waals surface area contributed by atoms with Crippen LogP contribution in [-0.2, 0) is 4.79 Å². The van der Waals surface area contributed by atoms with E-state index in [1.165, 1.54) is 0 Å². The predicted molar refractivity (Wildman–Crippen MR) is 81.7 cm³/mol. The molecule has 19 heavy (non-hydrogen) atoms. The zero-order valence-electron chi connectivity index (χ0n) is 10.4. The molecule has 93 valence electrons. The number of hydrogen-bond donors (Lipinski definition) is 0. The molecular formula is C17H14AsO. The summed E-state index contributed by atoms with van der Waals surface area (Å²) in [4.78, 5) is 11.6. The molecule has 0 atom stereocenters. The van der Waals surface area contributed by atoms with Gasteiger partial charge in [-0.3, -0.25) is 4.79 Å². The second-order valence-corrected chi connectivity index (χ2v) is 3.89. The minimum absolute atomic E-state index is 0. The third-order valence-corrected chi connectivity index (χ3v) is 2.48. The summed E-state index contributed by atoms with van der Waals surface area (Å²) >= 11 is 0. The summed E-state index contributed by atoms with van der Waals surface area (Å²) < 4.78 is 0. The third kappa shape index (κ3) is 5.54. The first-order valence-electron chi connectivity index (χ1n) is 5.85. The molecule has 0 saturated heterocycles. The van der Waals surface area contributed by atoms with Gasteiger partial charge >= 0.3 is 0 Å². The molecule has 3 radical (unpaired) electrons. The van der Waals surface area contributed by atoms with Crippen LogP contribution in [0.2, 0.25) is 0 Å². The maximum Gasteiger partial charge on any atom is 0.178 e. The number of ketones is 1. The Morgan fingerprint density at radius 2 is 1.05 bits per heavy atom. The van der Waals surface area contributed by atoms with Crippen LogP contribution in [0.5, 0.6) is 0 Å². The molecule has 0 amide bonds. The number of allylic oxidation sites excluding steroid dienone is 2. The van der Waals surface area contributed by atoms with Crippen LogP contribution >= 0.6 is 0 Å². The van der Waals surface area contributed by atoms with Gasteiger partial charge in [0, 0.05) is 18.0 Å². The fourth-order valence-electron chi connectivity index (χ4n) is 1.54. The molecule has 1 nitrogen and oxygen atoms in total. The van der Waals surface area contributed by atoms with Gasteiger partial charge in [-0.1, -0.05) is 72.8 Å². The summed E-state index contributed by atoms with van der Waals surface area (Å²) in [5, 5.41) is 0. The van der Waals surface area contributed by atoms with Crippen molar-refractivity contribution < 1.29 is 4.79 Å². The maximum absolute atomic E-state index is 11.6. The number of hydrogen-bond acceptors (Lipinski definition) is 1. The van der Waals surface area contributed by atoms with Gasteiger partial charge in [-0.15, -0.1) is 0 Å². The van der Waals surface area contributed by atoms with Crippen molar-refractivity contribution in [2.45, 2.75) is 0 Å². The first kappa shape index (κ1) is 15.2. The van der Waals surface area contributed by atoms with E-state index in [0.29, 0.717) is 0 Å². The SMILES string of the molecule is O=C(C=Cc1ccccc1)C=Cc1ccccc1.[As]. The minimum Gasteiger partial charge on any atom is -0.290 e. The van der Waals surface area contributed by atoms with Crippen LogP contribution in [0.1, 0.15) is 11.1 Å². The molecule has 0 aliphatic heterocycles. The summed E-state index contributed by atoms with van der Waals surface area (Å²) in [6, 6.07) is 19.6. The average Bonchev–Trinajstić information content (AvgIpc) is 2.45. The summed E-state index contributed by atoms with van der Waals surface area (Å²) in [5.41, 5.74) is 2.05. The van der Waals surface area contributed by atoms with Crippen LogP contribution in [0, 0.1) is 0 Å². The molecular weight excluding hydrogens is 295 g/mol. The monoisotopic (exact) mass is 309 g/mol. The number of carbonyl (C=O) groups excluding carboxylic acids is 1. The first-order valence-corrected chi connectivity index (χ1v) is 5.85. The predicted octanol–water partition coefficient (Wildman–Crippen LogP) is 3.60. The zero-order chi connectivity index (χ0) is 12.6. The van der Waals surface area contributed by atoms with Gasteiger partial charge in [-0.05, 0) is 23.3 Å². The molecule has 0 aromatic heterocycles. The van der Waals surface area contributed by atoms with Gasteiger partial charge in [0.2, 0.25) is 0 Å². The first-order chi connectivity index (χ1) is 8.84. The molecule has 0 aliphatic rings. The van der Waals surface area contributed by atoms with Crippen molar-refractivity contribution in [1.29, 1.82) is 0 Å². The quantitative estimate of drug-likeness (QED) is 0.623. The van der Waals surface area contributed by atoms with E-state index in [1.807, 2.05) is 72.8 Å². The van der Waals surface area contributed by atoms with E-state index >= 15 is 0 Å². The van der Waals surface area contributed by atoms with Crippen LogP contribution in [0.15, 0.2) is 72.8 Å². The average molecular weight is 309 g/mol. The Labute approximate surface area is 125 Å².